The molecule has 0 spiro atoms. The third-order valence-electron chi connectivity index (χ3n) is 4.12. The molecule has 0 aliphatic heterocycles. The number of nitrogens with zero attached hydrogens (tertiary/aromatic N) is 6. The van der Waals surface area contributed by atoms with Gasteiger partial charge in [0.2, 0.25) is 5.91 Å². The van der Waals surface area contributed by atoms with Crippen LogP contribution in [0.4, 0.5) is 0 Å². The Morgan fingerprint density at radius 2 is 1.96 bits per heavy atom. The lowest BCUT2D eigenvalue weighted by Crippen LogP contribution is -2.34. The first-order valence-corrected chi connectivity index (χ1v) is 8.26. The smallest absolute Gasteiger partial charge is 0.245 e. The van der Waals surface area contributed by atoms with E-state index in [4.69, 9.17) is 0 Å². The van der Waals surface area contributed by atoms with Crippen molar-refractivity contribution >= 4 is 11.6 Å². The van der Waals surface area contributed by atoms with Crippen LogP contribution in [0.2, 0.25) is 0 Å². The van der Waals surface area contributed by atoms with E-state index in [0.29, 0.717) is 13.0 Å². The zero-order valence-electron chi connectivity index (χ0n) is 13.9. The van der Waals surface area contributed by atoms with Gasteiger partial charge in [-0.1, -0.05) is 36.4 Å². The first kappa shape index (κ1) is 15.9. The number of benzene rings is 1. The monoisotopic (exact) mass is 347 g/mol. The predicted octanol–water partition coefficient (Wildman–Crippen LogP) is 1.42. The molecule has 0 bridgehead atoms. The zero-order chi connectivity index (χ0) is 17.8. The van der Waals surface area contributed by atoms with E-state index in [1.807, 2.05) is 65.3 Å². The zero-order valence-corrected chi connectivity index (χ0v) is 13.9. The lowest BCUT2D eigenvalue weighted by Gasteiger charge is -2.16. The molecule has 0 radical (unpaired) electrons. The molecule has 1 aromatic carbocycles. The summed E-state index contributed by atoms with van der Waals surface area (Å²) in [5.74, 6) is -0.154. The summed E-state index contributed by atoms with van der Waals surface area (Å²) in [6.07, 6.45) is 5.78. The van der Waals surface area contributed by atoms with Crippen molar-refractivity contribution < 1.29 is 4.79 Å². The Bertz CT molecular complexity index is 962. The minimum Gasteiger partial charge on any atom is -0.349 e. The maximum Gasteiger partial charge on any atom is 0.245 e. The number of hydrogen-bond acceptors (Lipinski definition) is 5. The van der Waals surface area contributed by atoms with Crippen LogP contribution in [0.25, 0.3) is 5.65 Å². The van der Waals surface area contributed by atoms with E-state index in [0.717, 1.165) is 16.9 Å². The second-order valence-electron chi connectivity index (χ2n) is 5.91. The van der Waals surface area contributed by atoms with Gasteiger partial charge in [-0.15, -0.1) is 5.10 Å². The molecule has 3 aromatic heterocycles. The molecule has 4 aromatic rings. The van der Waals surface area contributed by atoms with Crippen LogP contribution in [-0.4, -0.2) is 35.5 Å². The number of nitrogens with one attached hydrogen (secondary N) is 1. The highest BCUT2D eigenvalue weighted by atomic mass is 16.2. The van der Waals surface area contributed by atoms with E-state index >= 15 is 0 Å². The fourth-order valence-corrected chi connectivity index (χ4v) is 2.82. The van der Waals surface area contributed by atoms with Crippen molar-refractivity contribution in [3.8, 4) is 0 Å². The van der Waals surface area contributed by atoms with Crippen molar-refractivity contribution in [3.05, 3.63) is 78.5 Å². The predicted molar refractivity (Wildman–Crippen MR) is 94.0 cm³/mol. The lowest BCUT2D eigenvalue weighted by molar-refractivity contribution is -0.124. The number of amides is 1. The lowest BCUT2D eigenvalue weighted by atomic mass is 10.1. The maximum absolute atomic E-state index is 12.8. The third-order valence-corrected chi connectivity index (χ3v) is 4.12. The van der Waals surface area contributed by atoms with Gasteiger partial charge in [-0.25, -0.2) is 9.67 Å². The molecule has 1 amide bonds. The number of tetrazole rings is 1. The highest BCUT2D eigenvalue weighted by Gasteiger charge is 2.22. The van der Waals surface area contributed by atoms with Gasteiger partial charge in [-0.2, -0.15) is 0 Å². The van der Waals surface area contributed by atoms with E-state index in [-0.39, 0.29) is 5.91 Å². The average molecular weight is 347 g/mol. The maximum atomic E-state index is 12.8. The molecule has 3 heterocycles. The molecule has 0 aliphatic rings. The van der Waals surface area contributed by atoms with Crippen LogP contribution in [0.1, 0.15) is 17.3 Å². The Balaban J connectivity index is 1.49. The first-order chi connectivity index (χ1) is 12.8. The molecule has 8 heteroatoms. The van der Waals surface area contributed by atoms with Crippen LogP contribution >= 0.6 is 0 Å². The molecule has 0 saturated carbocycles. The van der Waals surface area contributed by atoms with Gasteiger partial charge < -0.3 is 9.72 Å². The highest BCUT2D eigenvalue weighted by Crippen LogP contribution is 2.13. The van der Waals surface area contributed by atoms with Crippen molar-refractivity contribution in [1.29, 1.82) is 0 Å². The average Bonchev–Trinajstić information content (AvgIpc) is 3.34. The summed E-state index contributed by atoms with van der Waals surface area (Å²) in [4.78, 5) is 17.3. The van der Waals surface area contributed by atoms with Gasteiger partial charge in [-0.05, 0) is 28.1 Å². The molecule has 0 fully saturated rings. The van der Waals surface area contributed by atoms with Crippen LogP contribution in [0.5, 0.6) is 0 Å². The van der Waals surface area contributed by atoms with Crippen molar-refractivity contribution in [1.82, 2.24) is 34.9 Å². The fourth-order valence-electron chi connectivity index (χ4n) is 2.82. The second kappa shape index (κ2) is 7.14. The van der Waals surface area contributed by atoms with E-state index in [1.54, 1.807) is 0 Å². The van der Waals surface area contributed by atoms with Crippen LogP contribution in [0.15, 0.2) is 67.3 Å². The number of rotatable bonds is 6. The van der Waals surface area contributed by atoms with Gasteiger partial charge >= 0.3 is 0 Å². The van der Waals surface area contributed by atoms with Crippen molar-refractivity contribution in [2.45, 2.75) is 19.0 Å². The number of pyridine rings is 1. The topological polar surface area (TPSA) is 90.0 Å². The van der Waals surface area contributed by atoms with Gasteiger partial charge in [0.25, 0.3) is 0 Å². The Morgan fingerprint density at radius 1 is 1.12 bits per heavy atom. The Morgan fingerprint density at radius 3 is 2.73 bits per heavy atom. The fraction of sp³-hybridized carbons (Fsp3) is 0.167. The standard InChI is InChI=1S/C18H17N7O/c26-18(19-11-15-12-24-9-5-4-8-17(24)21-15)16(25-13-20-22-23-25)10-14-6-2-1-3-7-14/h1-9,12-13,16H,10-11H2,(H,19,26)/t16-/m1/s1. The summed E-state index contributed by atoms with van der Waals surface area (Å²) in [7, 11) is 0. The molecule has 0 aliphatic carbocycles. The van der Waals surface area contributed by atoms with Crippen LogP contribution in [-0.2, 0) is 17.8 Å². The van der Waals surface area contributed by atoms with Crippen molar-refractivity contribution in [2.24, 2.45) is 0 Å². The van der Waals surface area contributed by atoms with Gasteiger partial charge in [-0.3, -0.25) is 4.79 Å². The summed E-state index contributed by atoms with van der Waals surface area (Å²) in [5, 5.41) is 14.1. The number of imidazole rings is 1. The molecule has 1 atom stereocenters. The minimum atomic E-state index is -0.524. The van der Waals surface area contributed by atoms with Crippen LogP contribution in [0, 0.1) is 0 Å². The Hall–Kier alpha value is -3.55. The minimum absolute atomic E-state index is 0.154. The van der Waals surface area contributed by atoms with E-state index in [9.17, 15) is 4.79 Å². The molecular formula is C18H17N7O. The van der Waals surface area contributed by atoms with Gasteiger partial charge in [0.1, 0.15) is 18.0 Å². The number of carbonyl (C=O) groups excluding carboxylic acids is 1. The number of fused-ring (bicyclic) bond motifs is 1. The molecule has 0 unspecified atom stereocenters. The number of aromatic nitrogens is 6. The summed E-state index contributed by atoms with van der Waals surface area (Å²) in [6.45, 7) is 0.341. The van der Waals surface area contributed by atoms with E-state index in [1.165, 1.54) is 11.0 Å². The molecule has 130 valence electrons. The normalized spacial score (nSPS) is 12.2. The van der Waals surface area contributed by atoms with Crippen molar-refractivity contribution in [2.75, 3.05) is 0 Å². The number of carbonyl (C=O) groups is 1. The van der Waals surface area contributed by atoms with Crippen LogP contribution < -0.4 is 5.32 Å². The van der Waals surface area contributed by atoms with Gasteiger partial charge in [0.05, 0.1) is 12.2 Å². The Kier molecular flexibility index (Phi) is 4.38. The molecule has 26 heavy (non-hydrogen) atoms. The summed E-state index contributed by atoms with van der Waals surface area (Å²) < 4.78 is 3.40. The molecule has 0 saturated heterocycles. The van der Waals surface area contributed by atoms with Crippen molar-refractivity contribution in [3.63, 3.8) is 0 Å². The quantitative estimate of drug-likeness (QED) is 0.570. The van der Waals surface area contributed by atoms with E-state index in [2.05, 4.69) is 25.8 Å². The van der Waals surface area contributed by atoms with E-state index < -0.39 is 6.04 Å². The molecular weight excluding hydrogens is 330 g/mol. The number of hydrogen-bond donors (Lipinski definition) is 1. The summed E-state index contributed by atoms with van der Waals surface area (Å²) in [5.41, 5.74) is 2.67. The SMILES string of the molecule is O=C(NCc1cn2ccccc2n1)[C@@H](Cc1ccccc1)n1cnnn1. The molecule has 1 N–H and O–H groups in total. The Labute approximate surface area is 149 Å². The molecule has 4 rings (SSSR count). The molecule has 8 nitrogen and oxygen atoms in total. The largest absolute Gasteiger partial charge is 0.349 e. The summed E-state index contributed by atoms with van der Waals surface area (Å²) in [6, 6.07) is 15.1. The van der Waals surface area contributed by atoms with Gasteiger partial charge in [0.15, 0.2) is 0 Å². The van der Waals surface area contributed by atoms with Gasteiger partial charge in [0, 0.05) is 18.8 Å². The van der Waals surface area contributed by atoms with Crippen LogP contribution in [0.3, 0.4) is 0 Å². The second-order valence-corrected chi connectivity index (χ2v) is 5.91. The first-order valence-electron chi connectivity index (χ1n) is 8.26. The summed E-state index contributed by atoms with van der Waals surface area (Å²) >= 11 is 0. The highest BCUT2D eigenvalue weighted by molar-refractivity contribution is 5.80. The third kappa shape index (κ3) is 3.44.